The van der Waals surface area contributed by atoms with Crippen LogP contribution in [0.3, 0.4) is 0 Å². The minimum Gasteiger partial charge on any atom is -0.341 e. The fraction of sp³-hybridized carbons (Fsp3) is 0.345. The number of fused-ring (bicyclic) bond motifs is 4. The monoisotopic (exact) mass is 539 g/mol. The molecule has 3 aliphatic rings. The number of nitrogens with zero attached hydrogens (tertiary/aromatic N) is 8. The Hall–Kier alpha value is -4.38. The van der Waals surface area contributed by atoms with Gasteiger partial charge in [0, 0.05) is 36.8 Å². The highest BCUT2D eigenvalue weighted by Crippen LogP contribution is 2.36. The molecule has 1 unspecified atom stereocenters. The van der Waals surface area contributed by atoms with Crippen LogP contribution in [0.15, 0.2) is 53.5 Å². The summed E-state index contributed by atoms with van der Waals surface area (Å²) in [5.74, 6) is 1.81. The molecule has 1 amide bonds. The van der Waals surface area contributed by atoms with E-state index >= 15 is 0 Å². The molecule has 2 aromatic heterocycles. The van der Waals surface area contributed by atoms with Crippen molar-refractivity contribution < 1.29 is 9.18 Å². The van der Waals surface area contributed by atoms with Gasteiger partial charge in [0.1, 0.15) is 11.6 Å². The van der Waals surface area contributed by atoms with Gasteiger partial charge in [-0.15, -0.1) is 0 Å². The summed E-state index contributed by atoms with van der Waals surface area (Å²) in [6.07, 6.45) is 1.88. The van der Waals surface area contributed by atoms with Crippen LogP contribution in [-0.4, -0.2) is 68.5 Å². The van der Waals surface area contributed by atoms with Gasteiger partial charge in [-0.2, -0.15) is 4.98 Å². The summed E-state index contributed by atoms with van der Waals surface area (Å²) in [5, 5.41) is 0.982. The van der Waals surface area contributed by atoms with Gasteiger partial charge in [0.05, 0.1) is 25.2 Å². The first kappa shape index (κ1) is 24.6. The molecule has 1 atom stereocenters. The molecule has 0 aliphatic carbocycles. The number of amides is 1. The number of carbonyl (C=O) groups excluding carboxylic acids is 1. The number of guanidine groups is 1. The van der Waals surface area contributed by atoms with Gasteiger partial charge in [0.25, 0.3) is 5.91 Å². The van der Waals surface area contributed by atoms with Crippen molar-refractivity contribution in [2.24, 2.45) is 10.7 Å². The lowest BCUT2D eigenvalue weighted by atomic mass is 10.1. The largest absolute Gasteiger partial charge is 0.341 e. The lowest BCUT2D eigenvalue weighted by Crippen LogP contribution is -2.50. The molecule has 4 aromatic rings. The maximum absolute atomic E-state index is 14.3. The van der Waals surface area contributed by atoms with Crippen molar-refractivity contribution in [1.29, 1.82) is 0 Å². The molecule has 1 saturated heterocycles. The van der Waals surface area contributed by atoms with Crippen molar-refractivity contribution in [3.8, 4) is 0 Å². The Labute approximate surface area is 231 Å². The van der Waals surface area contributed by atoms with Crippen LogP contribution in [0, 0.1) is 12.7 Å². The smallest absolute Gasteiger partial charge is 0.281 e. The number of anilines is 2. The normalized spacial score (nSPS) is 18.8. The number of nitrogens with two attached hydrogens (primary N) is 1. The molecule has 11 heteroatoms. The number of imidazole rings is 1. The number of benzene rings is 2. The van der Waals surface area contributed by atoms with Crippen LogP contribution < -0.4 is 15.5 Å². The van der Waals surface area contributed by atoms with Crippen LogP contribution in [0.4, 0.5) is 16.2 Å². The molecule has 204 valence electrons. The maximum Gasteiger partial charge on any atom is 0.281 e. The van der Waals surface area contributed by atoms with E-state index in [9.17, 15) is 9.18 Å². The molecule has 2 N–H and O–H groups in total. The third kappa shape index (κ3) is 4.17. The molecule has 10 nitrogen and oxygen atoms in total. The summed E-state index contributed by atoms with van der Waals surface area (Å²) in [6.45, 7) is 5.02. The van der Waals surface area contributed by atoms with Crippen LogP contribution in [0.1, 0.15) is 40.4 Å². The Kier molecular flexibility index (Phi) is 5.96. The van der Waals surface area contributed by atoms with E-state index in [1.54, 1.807) is 11.0 Å². The number of aryl methyl sites for hydroxylation is 1. The summed E-state index contributed by atoms with van der Waals surface area (Å²) in [7, 11) is 0. The van der Waals surface area contributed by atoms with E-state index in [1.165, 1.54) is 12.1 Å². The number of hydrogen-bond donors (Lipinski definition) is 1. The molecule has 2 aromatic carbocycles. The average Bonchev–Trinajstić information content (AvgIpc) is 3.57. The number of halogens is 1. The summed E-state index contributed by atoms with van der Waals surface area (Å²) >= 11 is 0. The van der Waals surface area contributed by atoms with Gasteiger partial charge in [-0.25, -0.2) is 14.4 Å². The third-order valence-corrected chi connectivity index (χ3v) is 7.80. The molecule has 40 heavy (non-hydrogen) atoms. The van der Waals surface area contributed by atoms with Gasteiger partial charge in [-0.05, 0) is 43.5 Å². The van der Waals surface area contributed by atoms with E-state index < -0.39 is 0 Å². The van der Waals surface area contributed by atoms with Gasteiger partial charge >= 0.3 is 0 Å². The van der Waals surface area contributed by atoms with E-state index in [4.69, 9.17) is 20.7 Å². The van der Waals surface area contributed by atoms with Crippen LogP contribution >= 0.6 is 0 Å². The zero-order chi connectivity index (χ0) is 27.4. The minimum absolute atomic E-state index is 0.0227. The molecule has 5 heterocycles. The minimum atomic E-state index is -0.321. The molecule has 3 aliphatic heterocycles. The number of piperidine rings is 1. The van der Waals surface area contributed by atoms with E-state index in [0.717, 1.165) is 41.5 Å². The molecule has 0 radical (unpaired) electrons. The van der Waals surface area contributed by atoms with Crippen LogP contribution in [0.2, 0.25) is 0 Å². The highest BCUT2D eigenvalue weighted by molar-refractivity contribution is 6.18. The van der Waals surface area contributed by atoms with Gasteiger partial charge in [-0.1, -0.05) is 30.3 Å². The Morgan fingerprint density at radius 3 is 2.77 bits per heavy atom. The number of aliphatic imine (C=N–C) groups is 1. The van der Waals surface area contributed by atoms with Crippen molar-refractivity contribution in [3.05, 3.63) is 77.1 Å². The molecular weight excluding hydrogens is 509 g/mol. The quantitative estimate of drug-likeness (QED) is 0.415. The summed E-state index contributed by atoms with van der Waals surface area (Å²) in [6, 6.07) is 14.3. The fourth-order valence-corrected chi connectivity index (χ4v) is 5.96. The number of carbonyl (C=O) groups is 1. The maximum atomic E-state index is 14.3. The predicted molar refractivity (Wildman–Crippen MR) is 151 cm³/mol. The number of rotatable bonds is 5. The first-order valence-electron chi connectivity index (χ1n) is 13.7. The Morgan fingerprint density at radius 2 is 1.93 bits per heavy atom. The lowest BCUT2D eigenvalue weighted by Gasteiger charge is -2.33. The number of para-hydroxylation sites is 1. The van der Waals surface area contributed by atoms with Crippen molar-refractivity contribution in [2.75, 3.05) is 36.0 Å². The Bertz CT molecular complexity index is 1660. The second kappa shape index (κ2) is 9.67. The molecule has 0 spiro atoms. The van der Waals surface area contributed by atoms with Crippen LogP contribution in [-0.2, 0) is 13.1 Å². The van der Waals surface area contributed by atoms with Gasteiger partial charge in [-0.3, -0.25) is 24.2 Å². The Morgan fingerprint density at radius 1 is 1.05 bits per heavy atom. The van der Waals surface area contributed by atoms with E-state index in [-0.39, 0.29) is 24.3 Å². The SMILES string of the molecule is Cc1nc(CN2C(=O)c3c(nc(N4CCCC(N)C4)n3Cc3cccc(F)c3)N3CCN=C23)nc2ccccc12. The summed E-state index contributed by atoms with van der Waals surface area (Å²) in [4.78, 5) is 39.3. The van der Waals surface area contributed by atoms with Gasteiger partial charge < -0.3 is 10.6 Å². The third-order valence-electron chi connectivity index (χ3n) is 7.80. The summed E-state index contributed by atoms with van der Waals surface area (Å²) in [5.41, 5.74) is 9.23. The van der Waals surface area contributed by atoms with Crippen LogP contribution in [0.25, 0.3) is 10.9 Å². The van der Waals surface area contributed by atoms with E-state index in [0.29, 0.717) is 55.4 Å². The number of aromatic nitrogens is 4. The lowest BCUT2D eigenvalue weighted by molar-refractivity contribution is 0.0820. The van der Waals surface area contributed by atoms with E-state index in [2.05, 4.69) is 9.89 Å². The first-order valence-corrected chi connectivity index (χ1v) is 13.7. The molecule has 0 bridgehead atoms. The zero-order valence-electron chi connectivity index (χ0n) is 22.3. The highest BCUT2D eigenvalue weighted by atomic mass is 19.1. The Balaban J connectivity index is 1.33. The van der Waals surface area contributed by atoms with E-state index in [1.807, 2.05) is 46.7 Å². The van der Waals surface area contributed by atoms with Crippen LogP contribution in [0.5, 0.6) is 0 Å². The average molecular weight is 540 g/mol. The zero-order valence-corrected chi connectivity index (χ0v) is 22.3. The van der Waals surface area contributed by atoms with Gasteiger partial charge in [0.2, 0.25) is 11.9 Å². The van der Waals surface area contributed by atoms with Crippen molar-refractivity contribution in [1.82, 2.24) is 24.4 Å². The molecule has 7 rings (SSSR count). The highest BCUT2D eigenvalue weighted by Gasteiger charge is 2.43. The first-order chi connectivity index (χ1) is 19.5. The fourth-order valence-electron chi connectivity index (χ4n) is 5.96. The topological polar surface area (TPSA) is 109 Å². The van der Waals surface area contributed by atoms with Crippen molar-refractivity contribution >= 4 is 34.5 Å². The predicted octanol–water partition coefficient (Wildman–Crippen LogP) is 3.08. The standard InChI is InChI=1S/C29H30FN9O/c1-18-22-9-2-3-10-23(22)34-24(33-18)17-39-27(40)25-26(37-13-11-32-28(37)39)35-29(36-12-5-8-21(31)16-36)38(25)15-19-6-4-7-20(30)14-19/h2-4,6-7,9-10,14,21H,5,8,11-13,15-17,31H2,1H3. The van der Waals surface area contributed by atoms with Gasteiger partial charge in [0.15, 0.2) is 11.5 Å². The molecule has 0 saturated carbocycles. The molecular formula is C29H30FN9O. The molecule has 1 fully saturated rings. The summed E-state index contributed by atoms with van der Waals surface area (Å²) < 4.78 is 16.1. The second-order valence-corrected chi connectivity index (χ2v) is 10.6. The second-order valence-electron chi connectivity index (χ2n) is 10.6. The van der Waals surface area contributed by atoms with Crippen molar-refractivity contribution in [3.63, 3.8) is 0 Å². The number of hydrogen-bond acceptors (Lipinski definition) is 8. The van der Waals surface area contributed by atoms with Crippen molar-refractivity contribution in [2.45, 2.75) is 38.9 Å².